The van der Waals surface area contributed by atoms with Crippen molar-refractivity contribution in [3.05, 3.63) is 54.1 Å². The first-order valence-electron chi connectivity index (χ1n) is 14.0. The van der Waals surface area contributed by atoms with Crippen molar-refractivity contribution in [1.82, 2.24) is 9.21 Å². The van der Waals surface area contributed by atoms with Crippen LogP contribution >= 0.6 is 0 Å². The van der Waals surface area contributed by atoms with Gasteiger partial charge >= 0.3 is 0 Å². The molecule has 40 heavy (non-hydrogen) atoms. The third-order valence-electron chi connectivity index (χ3n) is 7.44. The molecule has 4 atom stereocenters. The number of aliphatic hydroxyl groups is 1. The Kier molecular flexibility index (Phi) is 11.4. The van der Waals surface area contributed by atoms with Crippen LogP contribution in [0.2, 0.25) is 0 Å². The monoisotopic (exact) mass is 575 g/mol. The van der Waals surface area contributed by atoms with Crippen LogP contribution in [-0.4, -0.2) is 94.3 Å². The van der Waals surface area contributed by atoms with Gasteiger partial charge in [0.15, 0.2) is 0 Å². The highest BCUT2D eigenvalue weighted by molar-refractivity contribution is 7.89. The van der Waals surface area contributed by atoms with Crippen molar-refractivity contribution in [1.29, 1.82) is 0 Å². The molecule has 0 aromatic heterocycles. The number of carbonyl (C=O) groups excluding carboxylic acids is 1. The Balaban J connectivity index is 1.96. The molecule has 1 aliphatic rings. The summed E-state index contributed by atoms with van der Waals surface area (Å²) in [5.41, 5.74) is 1.30. The second-order valence-corrected chi connectivity index (χ2v) is 13.0. The first kappa shape index (κ1) is 31.9. The molecule has 0 aliphatic carbocycles. The number of carbonyl (C=O) groups is 1. The van der Waals surface area contributed by atoms with Crippen LogP contribution < -0.4 is 9.64 Å². The van der Waals surface area contributed by atoms with E-state index < -0.39 is 22.2 Å². The summed E-state index contributed by atoms with van der Waals surface area (Å²) in [6, 6.07) is 13.5. The highest BCUT2D eigenvalue weighted by Crippen LogP contribution is 2.29. The molecule has 0 saturated heterocycles. The highest BCUT2D eigenvalue weighted by atomic mass is 32.2. The van der Waals surface area contributed by atoms with Crippen LogP contribution in [0.4, 0.5) is 5.69 Å². The van der Waals surface area contributed by atoms with E-state index in [-0.39, 0.29) is 42.5 Å². The Bertz CT molecular complexity index is 1210. The Morgan fingerprint density at radius 3 is 2.42 bits per heavy atom. The molecular formula is C30H45N3O6S. The molecular weight excluding hydrogens is 530 g/mol. The average Bonchev–Trinajstić information content (AvgIpc) is 2.94. The van der Waals surface area contributed by atoms with E-state index in [1.165, 1.54) is 4.31 Å². The van der Waals surface area contributed by atoms with Crippen LogP contribution in [0.1, 0.15) is 50.4 Å². The molecule has 0 bridgehead atoms. The fraction of sp³-hybridized carbons (Fsp3) is 0.567. The lowest BCUT2D eigenvalue weighted by Gasteiger charge is -2.35. The van der Waals surface area contributed by atoms with Crippen LogP contribution in [0.15, 0.2) is 53.4 Å². The molecule has 1 heterocycles. The van der Waals surface area contributed by atoms with Gasteiger partial charge in [-0.15, -0.1) is 0 Å². The van der Waals surface area contributed by atoms with E-state index in [1.54, 1.807) is 49.2 Å². The van der Waals surface area contributed by atoms with Gasteiger partial charge in [-0.3, -0.25) is 4.79 Å². The third-order valence-corrected chi connectivity index (χ3v) is 9.28. The summed E-state index contributed by atoms with van der Waals surface area (Å²) in [6.45, 7) is 6.40. The predicted molar refractivity (Wildman–Crippen MR) is 157 cm³/mol. The minimum absolute atomic E-state index is 0.111. The minimum atomic E-state index is -3.72. The molecule has 222 valence electrons. The van der Waals surface area contributed by atoms with Crippen LogP contribution in [-0.2, 0) is 14.8 Å². The molecule has 0 saturated carbocycles. The fourth-order valence-electron chi connectivity index (χ4n) is 4.78. The molecule has 10 heteroatoms. The van der Waals surface area contributed by atoms with Crippen molar-refractivity contribution in [3.63, 3.8) is 0 Å². The van der Waals surface area contributed by atoms with E-state index >= 15 is 0 Å². The molecule has 1 N–H and O–H groups in total. The largest absolute Gasteiger partial charge is 0.490 e. The van der Waals surface area contributed by atoms with Crippen LogP contribution in [0, 0.1) is 5.92 Å². The van der Waals surface area contributed by atoms with Crippen molar-refractivity contribution < 1.29 is 27.8 Å². The lowest BCUT2D eigenvalue weighted by atomic mass is 10.0. The second kappa shape index (κ2) is 14.3. The quantitative estimate of drug-likeness (QED) is 0.535. The van der Waals surface area contributed by atoms with Crippen LogP contribution in [0.5, 0.6) is 5.75 Å². The number of rotatable bonds is 7. The summed E-state index contributed by atoms with van der Waals surface area (Å²) < 4.78 is 40.4. The smallest absolute Gasteiger partial charge is 0.258 e. The number of likely N-dealkylation sites (N-methyl/N-ethyl adjacent to an activating group) is 1. The zero-order valence-corrected chi connectivity index (χ0v) is 25.4. The van der Waals surface area contributed by atoms with Gasteiger partial charge in [0.05, 0.1) is 35.3 Å². The number of amides is 1. The maximum Gasteiger partial charge on any atom is 0.258 e. The number of hydrogen-bond donors (Lipinski definition) is 1. The summed E-state index contributed by atoms with van der Waals surface area (Å²) in [5.74, 6) is 0.0412. The zero-order chi connectivity index (χ0) is 29.4. The number of anilines is 1. The number of aliphatic hydroxyl groups excluding tert-OH is 1. The van der Waals surface area contributed by atoms with Gasteiger partial charge in [0.1, 0.15) is 5.75 Å². The second-order valence-electron chi connectivity index (χ2n) is 11.0. The maximum atomic E-state index is 14.1. The number of nitrogens with zero attached hydrogens (tertiary/aromatic N) is 3. The van der Waals surface area contributed by atoms with E-state index in [4.69, 9.17) is 9.47 Å². The van der Waals surface area contributed by atoms with Gasteiger partial charge in [-0.1, -0.05) is 25.1 Å². The number of hydrogen-bond acceptors (Lipinski definition) is 7. The standard InChI is InChI=1S/C30H45N3O6S/c1-22-19-33(23(2)21-34)30(35)27-18-25(31(4)5)15-16-28(27)39-24(3)12-10-11-17-38-29(22)20-32(6)40(36,37)26-13-8-7-9-14-26/h7-9,13-16,18,22-24,29,34H,10-12,17,19-21H2,1-6H3/t22-,23+,24+,29+/m0/s1. The van der Waals surface area contributed by atoms with Gasteiger partial charge in [-0.25, -0.2) is 8.42 Å². The number of ether oxygens (including phenoxy) is 2. The first-order valence-corrected chi connectivity index (χ1v) is 15.4. The molecule has 1 aliphatic heterocycles. The normalized spacial score (nSPS) is 22.2. The molecule has 9 nitrogen and oxygen atoms in total. The zero-order valence-electron chi connectivity index (χ0n) is 24.6. The lowest BCUT2D eigenvalue weighted by Crippen LogP contribution is -2.48. The van der Waals surface area contributed by atoms with Gasteiger partial charge in [-0.2, -0.15) is 4.31 Å². The highest BCUT2D eigenvalue weighted by Gasteiger charge is 2.32. The summed E-state index contributed by atoms with van der Waals surface area (Å²) in [6.07, 6.45) is 1.88. The number of fused-ring (bicyclic) bond motifs is 1. The van der Waals surface area contributed by atoms with Crippen LogP contribution in [0.25, 0.3) is 0 Å². The topological polar surface area (TPSA) is 99.6 Å². The Labute approximate surface area is 239 Å². The van der Waals surface area contributed by atoms with Crippen molar-refractivity contribution in [2.24, 2.45) is 5.92 Å². The van der Waals surface area contributed by atoms with Gasteiger partial charge in [0, 0.05) is 52.4 Å². The van der Waals surface area contributed by atoms with Crippen molar-refractivity contribution in [3.8, 4) is 5.75 Å². The number of sulfonamides is 1. The molecule has 2 aromatic rings. The van der Waals surface area contributed by atoms with Gasteiger partial charge in [0.2, 0.25) is 10.0 Å². The summed E-state index contributed by atoms with van der Waals surface area (Å²) >= 11 is 0. The number of benzene rings is 2. The Morgan fingerprint density at radius 2 is 1.77 bits per heavy atom. The maximum absolute atomic E-state index is 14.1. The van der Waals surface area contributed by atoms with Crippen molar-refractivity contribution in [2.75, 3.05) is 52.3 Å². The molecule has 3 rings (SSSR count). The van der Waals surface area contributed by atoms with Crippen molar-refractivity contribution >= 4 is 21.6 Å². The Morgan fingerprint density at radius 1 is 1.07 bits per heavy atom. The van der Waals surface area contributed by atoms with Gasteiger partial charge < -0.3 is 24.4 Å². The van der Waals surface area contributed by atoms with Gasteiger partial charge in [0.25, 0.3) is 5.91 Å². The third kappa shape index (κ3) is 7.96. The Hall–Kier alpha value is -2.66. The SMILES string of the molecule is C[C@@H]1CCCCO[C@H](CN(C)S(=O)(=O)c2ccccc2)[C@@H](C)CN([C@H](C)CO)C(=O)c2cc(N(C)C)ccc2O1. The van der Waals surface area contributed by atoms with E-state index in [9.17, 15) is 18.3 Å². The lowest BCUT2D eigenvalue weighted by molar-refractivity contribution is -0.00833. The first-order chi connectivity index (χ1) is 18.9. The molecule has 2 aromatic carbocycles. The van der Waals surface area contributed by atoms with E-state index in [0.29, 0.717) is 17.9 Å². The molecule has 0 spiro atoms. The molecule has 0 fully saturated rings. The van der Waals surface area contributed by atoms with E-state index in [2.05, 4.69) is 0 Å². The van der Waals surface area contributed by atoms with Crippen molar-refractivity contribution in [2.45, 2.75) is 63.2 Å². The van der Waals surface area contributed by atoms with E-state index in [0.717, 1.165) is 24.9 Å². The van der Waals surface area contributed by atoms with Gasteiger partial charge in [-0.05, 0) is 63.4 Å². The fourth-order valence-corrected chi connectivity index (χ4v) is 5.98. The van der Waals surface area contributed by atoms with E-state index in [1.807, 2.05) is 51.0 Å². The minimum Gasteiger partial charge on any atom is -0.490 e. The summed E-state index contributed by atoms with van der Waals surface area (Å²) in [4.78, 5) is 17.9. The van der Waals surface area contributed by atoms with Crippen LogP contribution in [0.3, 0.4) is 0 Å². The molecule has 1 amide bonds. The molecule has 0 unspecified atom stereocenters. The molecule has 0 radical (unpaired) electrons. The average molecular weight is 576 g/mol. The summed E-state index contributed by atoms with van der Waals surface area (Å²) in [7, 11) is 1.67. The summed E-state index contributed by atoms with van der Waals surface area (Å²) in [5, 5.41) is 10.1. The predicted octanol–water partition coefficient (Wildman–Crippen LogP) is 3.87.